The number of rotatable bonds is 1. The van der Waals surface area contributed by atoms with E-state index in [1.165, 1.54) is 16.5 Å². The molecule has 1 saturated carbocycles. The molecule has 2 aromatic rings. The van der Waals surface area contributed by atoms with Crippen molar-refractivity contribution < 1.29 is 0 Å². The van der Waals surface area contributed by atoms with Gasteiger partial charge in [-0.1, -0.05) is 26.0 Å². The van der Waals surface area contributed by atoms with Gasteiger partial charge in [-0.25, -0.2) is 0 Å². The summed E-state index contributed by atoms with van der Waals surface area (Å²) in [4.78, 5) is 3.24. The first-order chi connectivity index (χ1) is 7.10. The molecule has 1 aromatic carbocycles. The zero-order valence-corrected chi connectivity index (χ0v) is 9.12. The highest BCUT2D eigenvalue weighted by Gasteiger charge is 2.56. The lowest BCUT2D eigenvalue weighted by Crippen LogP contribution is -2.06. The third-order valence-electron chi connectivity index (χ3n) is 3.85. The molecule has 3 rings (SSSR count). The van der Waals surface area contributed by atoms with Crippen LogP contribution in [-0.2, 0) is 0 Å². The average Bonchev–Trinajstić information content (AvgIpc) is 2.62. The summed E-state index contributed by atoms with van der Waals surface area (Å²) < 4.78 is 0. The highest BCUT2D eigenvalue weighted by molar-refractivity contribution is 5.80. The number of hydrogen-bond acceptors (Lipinski definition) is 1. The SMILES string of the molecule is CC1(C)[C@@H](N)[C@@H]1c1ccc2cc[nH]c2c1. The number of benzene rings is 1. The summed E-state index contributed by atoms with van der Waals surface area (Å²) in [5.74, 6) is 0.519. The van der Waals surface area contributed by atoms with E-state index in [4.69, 9.17) is 5.73 Å². The van der Waals surface area contributed by atoms with Crippen LogP contribution in [0.2, 0.25) is 0 Å². The molecule has 0 bridgehead atoms. The Bertz CT molecular complexity index is 510. The molecule has 2 nitrogen and oxygen atoms in total. The first kappa shape index (κ1) is 8.98. The molecule has 1 heterocycles. The first-order valence-electron chi connectivity index (χ1n) is 5.43. The Kier molecular flexibility index (Phi) is 1.58. The molecule has 0 spiro atoms. The lowest BCUT2D eigenvalue weighted by molar-refractivity contribution is 0.599. The van der Waals surface area contributed by atoms with Gasteiger partial charge in [0.05, 0.1) is 0 Å². The van der Waals surface area contributed by atoms with Crippen molar-refractivity contribution in [3.05, 3.63) is 36.0 Å². The fourth-order valence-corrected chi connectivity index (χ4v) is 2.57. The zero-order valence-electron chi connectivity index (χ0n) is 9.12. The van der Waals surface area contributed by atoms with Crippen LogP contribution in [-0.4, -0.2) is 11.0 Å². The summed E-state index contributed by atoms with van der Waals surface area (Å²) in [6.45, 7) is 4.47. The van der Waals surface area contributed by atoms with Gasteiger partial charge in [0.2, 0.25) is 0 Å². The first-order valence-corrected chi connectivity index (χ1v) is 5.43. The number of aromatic amines is 1. The van der Waals surface area contributed by atoms with Gasteiger partial charge in [0.15, 0.2) is 0 Å². The molecule has 2 heteroatoms. The molecule has 3 N–H and O–H groups in total. The number of H-pyrrole nitrogens is 1. The van der Waals surface area contributed by atoms with Crippen molar-refractivity contribution in [3.8, 4) is 0 Å². The van der Waals surface area contributed by atoms with E-state index in [0.717, 1.165) is 0 Å². The Labute approximate surface area is 89.5 Å². The van der Waals surface area contributed by atoms with Crippen molar-refractivity contribution in [1.29, 1.82) is 0 Å². The van der Waals surface area contributed by atoms with Crippen LogP contribution in [0, 0.1) is 5.41 Å². The maximum absolute atomic E-state index is 6.09. The molecular formula is C13H16N2. The molecule has 1 aliphatic carbocycles. The van der Waals surface area contributed by atoms with Crippen LogP contribution in [0.5, 0.6) is 0 Å². The van der Waals surface area contributed by atoms with Gasteiger partial charge in [-0.05, 0) is 28.5 Å². The molecule has 0 amide bonds. The van der Waals surface area contributed by atoms with Crippen molar-refractivity contribution in [1.82, 2.24) is 4.98 Å². The fraction of sp³-hybridized carbons (Fsp3) is 0.385. The van der Waals surface area contributed by atoms with E-state index in [-0.39, 0.29) is 5.41 Å². The lowest BCUT2D eigenvalue weighted by Gasteiger charge is -2.02. The molecule has 78 valence electrons. The van der Waals surface area contributed by atoms with Crippen molar-refractivity contribution in [2.24, 2.45) is 11.1 Å². The van der Waals surface area contributed by atoms with Crippen molar-refractivity contribution in [2.45, 2.75) is 25.8 Å². The summed E-state index contributed by atoms with van der Waals surface area (Å²) in [7, 11) is 0. The van der Waals surface area contributed by atoms with Crippen LogP contribution in [0.4, 0.5) is 0 Å². The third-order valence-corrected chi connectivity index (χ3v) is 3.85. The zero-order chi connectivity index (χ0) is 10.6. The van der Waals surface area contributed by atoms with E-state index in [9.17, 15) is 0 Å². The molecule has 1 fully saturated rings. The second-order valence-corrected chi connectivity index (χ2v) is 5.15. The van der Waals surface area contributed by atoms with E-state index in [0.29, 0.717) is 12.0 Å². The molecule has 0 radical (unpaired) electrons. The van der Waals surface area contributed by atoms with Crippen LogP contribution in [0.1, 0.15) is 25.3 Å². The van der Waals surface area contributed by atoms with Crippen LogP contribution in [0.3, 0.4) is 0 Å². The van der Waals surface area contributed by atoms with Gasteiger partial charge < -0.3 is 10.7 Å². The Morgan fingerprint density at radius 3 is 2.67 bits per heavy atom. The summed E-state index contributed by atoms with van der Waals surface area (Å²) in [6, 6.07) is 9.01. The predicted octanol–water partition coefficient (Wildman–Crippen LogP) is 2.62. The summed E-state index contributed by atoms with van der Waals surface area (Å²) in [6.07, 6.45) is 1.98. The van der Waals surface area contributed by atoms with Gasteiger partial charge in [0, 0.05) is 23.7 Å². The second-order valence-electron chi connectivity index (χ2n) is 5.15. The van der Waals surface area contributed by atoms with E-state index >= 15 is 0 Å². The highest BCUT2D eigenvalue weighted by atomic mass is 14.8. The van der Waals surface area contributed by atoms with Gasteiger partial charge in [-0.3, -0.25) is 0 Å². The number of hydrogen-bond donors (Lipinski definition) is 2. The Morgan fingerprint density at radius 1 is 1.27 bits per heavy atom. The normalized spacial score (nSPS) is 28.2. The van der Waals surface area contributed by atoms with Crippen LogP contribution < -0.4 is 5.73 Å². The monoisotopic (exact) mass is 200 g/mol. The molecule has 0 aliphatic heterocycles. The minimum Gasteiger partial charge on any atom is -0.361 e. The molecule has 2 atom stereocenters. The minimum atomic E-state index is 0.264. The number of fused-ring (bicyclic) bond motifs is 1. The van der Waals surface area contributed by atoms with E-state index in [1.54, 1.807) is 0 Å². The maximum atomic E-state index is 6.09. The Balaban J connectivity index is 2.06. The van der Waals surface area contributed by atoms with Crippen molar-refractivity contribution in [3.63, 3.8) is 0 Å². The second kappa shape index (κ2) is 2.64. The topological polar surface area (TPSA) is 41.8 Å². The third kappa shape index (κ3) is 1.15. The van der Waals surface area contributed by atoms with Crippen molar-refractivity contribution >= 4 is 10.9 Å². The average molecular weight is 200 g/mol. The van der Waals surface area contributed by atoms with Gasteiger partial charge in [0.1, 0.15) is 0 Å². The van der Waals surface area contributed by atoms with Gasteiger partial charge in [0.25, 0.3) is 0 Å². The molecule has 0 unspecified atom stereocenters. The summed E-state index contributed by atoms with van der Waals surface area (Å²) in [5.41, 5.74) is 8.92. The van der Waals surface area contributed by atoms with Crippen molar-refractivity contribution in [2.75, 3.05) is 0 Å². The van der Waals surface area contributed by atoms with Crippen LogP contribution in [0.15, 0.2) is 30.5 Å². The van der Waals surface area contributed by atoms with Gasteiger partial charge in [-0.2, -0.15) is 0 Å². The van der Waals surface area contributed by atoms with E-state index < -0.39 is 0 Å². The molecular weight excluding hydrogens is 184 g/mol. The highest BCUT2D eigenvalue weighted by Crippen LogP contribution is 2.57. The molecule has 1 aliphatic rings. The van der Waals surface area contributed by atoms with E-state index in [1.807, 2.05) is 6.20 Å². The Hall–Kier alpha value is -1.28. The number of nitrogens with two attached hydrogens (primary N) is 1. The fourth-order valence-electron chi connectivity index (χ4n) is 2.57. The molecule has 0 saturated heterocycles. The number of nitrogens with one attached hydrogen (secondary N) is 1. The predicted molar refractivity (Wildman–Crippen MR) is 62.8 cm³/mol. The lowest BCUT2D eigenvalue weighted by atomic mass is 10.0. The Morgan fingerprint density at radius 2 is 2.00 bits per heavy atom. The summed E-state index contributed by atoms with van der Waals surface area (Å²) in [5, 5.41) is 1.27. The van der Waals surface area contributed by atoms with E-state index in [2.05, 4.69) is 43.1 Å². The summed E-state index contributed by atoms with van der Waals surface area (Å²) >= 11 is 0. The number of aromatic nitrogens is 1. The van der Waals surface area contributed by atoms with Gasteiger partial charge >= 0.3 is 0 Å². The minimum absolute atomic E-state index is 0.264. The quantitative estimate of drug-likeness (QED) is 0.730. The molecule has 1 aromatic heterocycles. The van der Waals surface area contributed by atoms with Crippen LogP contribution in [0.25, 0.3) is 10.9 Å². The maximum Gasteiger partial charge on any atom is 0.0456 e. The van der Waals surface area contributed by atoms with Gasteiger partial charge in [-0.15, -0.1) is 0 Å². The molecule has 15 heavy (non-hydrogen) atoms. The largest absolute Gasteiger partial charge is 0.361 e. The van der Waals surface area contributed by atoms with Crippen LogP contribution >= 0.6 is 0 Å². The standard InChI is InChI=1S/C13H16N2/c1-13(2)11(12(13)14)9-4-3-8-5-6-15-10(8)7-9/h3-7,11-12,15H,14H2,1-2H3/t11-,12-/m0/s1. The smallest absolute Gasteiger partial charge is 0.0456 e.